The Balaban J connectivity index is 1.31. The molecule has 0 aliphatic carbocycles. The number of aromatic nitrogens is 3. The van der Waals surface area contributed by atoms with E-state index in [1.165, 1.54) is 5.06 Å². The lowest BCUT2D eigenvalue weighted by atomic mass is 10.0. The monoisotopic (exact) mass is 377 g/mol. The fraction of sp³-hybridized carbons (Fsp3) is 0.300. The summed E-state index contributed by atoms with van der Waals surface area (Å²) in [5, 5.41) is 9.84. The number of benzene rings is 1. The maximum absolute atomic E-state index is 12.9. The Hall–Kier alpha value is -3.26. The van der Waals surface area contributed by atoms with E-state index in [9.17, 15) is 4.79 Å². The van der Waals surface area contributed by atoms with Gasteiger partial charge in [0.15, 0.2) is 0 Å². The van der Waals surface area contributed by atoms with Crippen molar-refractivity contribution in [3.8, 4) is 11.5 Å². The van der Waals surface area contributed by atoms with E-state index in [-0.39, 0.29) is 18.1 Å². The van der Waals surface area contributed by atoms with Crippen LogP contribution < -0.4 is 0 Å². The van der Waals surface area contributed by atoms with Gasteiger partial charge in [0.1, 0.15) is 12.6 Å². The average molecular weight is 377 g/mol. The summed E-state index contributed by atoms with van der Waals surface area (Å²) in [5.41, 5.74) is 1.84. The van der Waals surface area contributed by atoms with Crippen molar-refractivity contribution in [3.05, 3.63) is 66.3 Å². The number of rotatable bonds is 5. The van der Waals surface area contributed by atoms with Gasteiger partial charge in [-0.15, -0.1) is 10.2 Å². The van der Waals surface area contributed by atoms with Crippen molar-refractivity contribution in [2.24, 2.45) is 0 Å². The number of hydroxylamine groups is 2. The molecule has 8 heteroatoms. The largest absolute Gasteiger partial charge is 0.418 e. The highest BCUT2D eigenvalue weighted by molar-refractivity contribution is 5.77. The molecule has 2 aromatic heterocycles. The van der Waals surface area contributed by atoms with Crippen LogP contribution >= 0.6 is 0 Å². The minimum absolute atomic E-state index is 0.0510. The fourth-order valence-electron chi connectivity index (χ4n) is 3.75. The molecule has 2 bridgehead atoms. The van der Waals surface area contributed by atoms with Gasteiger partial charge in [0.2, 0.25) is 11.8 Å². The van der Waals surface area contributed by atoms with Gasteiger partial charge in [0.25, 0.3) is 0 Å². The molecule has 0 spiro atoms. The van der Waals surface area contributed by atoms with E-state index >= 15 is 0 Å². The number of carbonyl (C=O) groups is 1. The van der Waals surface area contributed by atoms with Gasteiger partial charge in [-0.3, -0.25) is 9.82 Å². The Morgan fingerprint density at radius 2 is 1.89 bits per heavy atom. The van der Waals surface area contributed by atoms with Gasteiger partial charge in [0.05, 0.1) is 6.04 Å². The minimum atomic E-state index is -0.225. The quantitative estimate of drug-likeness (QED) is 0.679. The summed E-state index contributed by atoms with van der Waals surface area (Å²) in [5.74, 6) is 0.895. The molecule has 0 N–H and O–H groups in total. The first-order valence-corrected chi connectivity index (χ1v) is 9.30. The molecule has 2 unspecified atom stereocenters. The number of carbonyl (C=O) groups excluding carboxylic acids is 1. The first-order valence-electron chi connectivity index (χ1n) is 9.30. The summed E-state index contributed by atoms with van der Waals surface area (Å²) in [6, 6.07) is 13.1. The second kappa shape index (κ2) is 7.05. The average Bonchev–Trinajstić information content (AvgIpc) is 3.33. The van der Waals surface area contributed by atoms with Gasteiger partial charge in [-0.1, -0.05) is 30.3 Å². The topological polar surface area (TPSA) is 84.6 Å². The van der Waals surface area contributed by atoms with Crippen LogP contribution in [0.4, 0.5) is 4.79 Å². The Morgan fingerprint density at radius 3 is 2.71 bits per heavy atom. The molecule has 1 aromatic carbocycles. The van der Waals surface area contributed by atoms with Crippen LogP contribution in [0.3, 0.4) is 0 Å². The summed E-state index contributed by atoms with van der Waals surface area (Å²) in [4.78, 5) is 24.5. The number of hydrogen-bond donors (Lipinski definition) is 0. The Kier molecular flexibility index (Phi) is 4.25. The third-order valence-corrected chi connectivity index (χ3v) is 5.19. The summed E-state index contributed by atoms with van der Waals surface area (Å²) in [6.07, 6.45) is 4.95. The van der Waals surface area contributed by atoms with E-state index in [1.807, 2.05) is 42.5 Å². The van der Waals surface area contributed by atoms with E-state index in [0.29, 0.717) is 24.9 Å². The van der Waals surface area contributed by atoms with Crippen LogP contribution in [-0.4, -0.2) is 43.8 Å². The predicted molar refractivity (Wildman–Crippen MR) is 98.5 cm³/mol. The van der Waals surface area contributed by atoms with E-state index in [1.54, 1.807) is 17.3 Å². The minimum Gasteiger partial charge on any atom is -0.418 e. The zero-order valence-corrected chi connectivity index (χ0v) is 15.1. The third kappa shape index (κ3) is 3.01. The molecule has 8 nitrogen and oxygen atoms in total. The summed E-state index contributed by atoms with van der Waals surface area (Å²) in [7, 11) is 0. The molecule has 5 rings (SSSR count). The van der Waals surface area contributed by atoms with Crippen LogP contribution in [0.15, 0.2) is 59.3 Å². The predicted octanol–water partition coefficient (Wildman–Crippen LogP) is 3.20. The molecule has 3 aromatic rings. The van der Waals surface area contributed by atoms with E-state index in [4.69, 9.17) is 9.25 Å². The van der Waals surface area contributed by atoms with Gasteiger partial charge < -0.3 is 9.32 Å². The van der Waals surface area contributed by atoms with Gasteiger partial charge in [-0.05, 0) is 30.5 Å². The highest BCUT2D eigenvalue weighted by atomic mass is 16.7. The molecule has 142 valence electrons. The molecule has 2 fully saturated rings. The van der Waals surface area contributed by atoms with Gasteiger partial charge >= 0.3 is 6.03 Å². The number of pyridine rings is 1. The number of urea groups is 1. The van der Waals surface area contributed by atoms with Crippen molar-refractivity contribution in [1.82, 2.24) is 25.1 Å². The summed E-state index contributed by atoms with van der Waals surface area (Å²) < 4.78 is 5.87. The number of amides is 2. The molecule has 2 saturated heterocycles. The number of fused-ring (bicyclic) bond motifs is 2. The first-order chi connectivity index (χ1) is 13.8. The molecule has 2 atom stereocenters. The van der Waals surface area contributed by atoms with Gasteiger partial charge in [-0.25, -0.2) is 4.79 Å². The Morgan fingerprint density at radius 1 is 1.07 bits per heavy atom. The molecule has 0 radical (unpaired) electrons. The SMILES string of the molecule is O=C1N2CC(CCC2c2nnc(-c3ccncc3)o2)N1OCc1ccccc1. The van der Waals surface area contributed by atoms with Crippen LogP contribution in [0.25, 0.3) is 11.5 Å². The molecule has 0 saturated carbocycles. The molecule has 2 aliphatic heterocycles. The molecule has 2 aliphatic rings. The third-order valence-electron chi connectivity index (χ3n) is 5.19. The molecule has 2 amide bonds. The van der Waals surface area contributed by atoms with Crippen molar-refractivity contribution >= 4 is 6.03 Å². The normalized spacial score (nSPS) is 21.4. The molecular formula is C20H19N5O3. The number of hydrogen-bond acceptors (Lipinski definition) is 6. The van der Waals surface area contributed by atoms with E-state index in [2.05, 4.69) is 15.2 Å². The molecular weight excluding hydrogens is 358 g/mol. The second-order valence-corrected chi connectivity index (χ2v) is 6.95. The van der Waals surface area contributed by atoms with Crippen LogP contribution in [0, 0.1) is 0 Å². The fourth-order valence-corrected chi connectivity index (χ4v) is 3.75. The van der Waals surface area contributed by atoms with Crippen LogP contribution in [-0.2, 0) is 11.4 Å². The zero-order valence-electron chi connectivity index (χ0n) is 15.1. The lowest BCUT2D eigenvalue weighted by molar-refractivity contribution is -0.140. The first kappa shape index (κ1) is 16.9. The Bertz CT molecular complexity index is 962. The lowest BCUT2D eigenvalue weighted by Crippen LogP contribution is -2.34. The van der Waals surface area contributed by atoms with Crippen molar-refractivity contribution < 1.29 is 14.0 Å². The van der Waals surface area contributed by atoms with E-state index in [0.717, 1.165) is 24.0 Å². The van der Waals surface area contributed by atoms with Crippen LogP contribution in [0.2, 0.25) is 0 Å². The maximum Gasteiger partial charge on any atom is 0.345 e. The van der Waals surface area contributed by atoms with Gasteiger partial charge in [0, 0.05) is 24.5 Å². The maximum atomic E-state index is 12.9. The Labute approximate surface area is 161 Å². The zero-order chi connectivity index (χ0) is 18.9. The van der Waals surface area contributed by atoms with Crippen LogP contribution in [0.5, 0.6) is 0 Å². The highest BCUT2D eigenvalue weighted by Gasteiger charge is 2.47. The summed E-state index contributed by atoms with van der Waals surface area (Å²) >= 11 is 0. The summed E-state index contributed by atoms with van der Waals surface area (Å²) in [6.45, 7) is 0.972. The standard InChI is InChI=1S/C20H19N5O3/c26-20-24-12-16(25(20)27-13-14-4-2-1-3-5-14)6-7-17(24)19-23-22-18(28-19)15-8-10-21-11-9-15/h1-5,8-11,16-17H,6-7,12-13H2. The highest BCUT2D eigenvalue weighted by Crippen LogP contribution is 2.38. The van der Waals surface area contributed by atoms with Crippen molar-refractivity contribution in [3.63, 3.8) is 0 Å². The second-order valence-electron chi connectivity index (χ2n) is 6.95. The van der Waals surface area contributed by atoms with Crippen molar-refractivity contribution in [1.29, 1.82) is 0 Å². The molecule has 28 heavy (non-hydrogen) atoms. The lowest BCUT2D eigenvalue weighted by Gasteiger charge is -2.27. The smallest absolute Gasteiger partial charge is 0.345 e. The van der Waals surface area contributed by atoms with Crippen LogP contribution in [0.1, 0.15) is 30.3 Å². The van der Waals surface area contributed by atoms with E-state index < -0.39 is 0 Å². The van der Waals surface area contributed by atoms with Gasteiger partial charge in [-0.2, -0.15) is 5.06 Å². The number of piperidine rings is 1. The number of nitrogens with zero attached hydrogens (tertiary/aromatic N) is 5. The molecule has 4 heterocycles. The van der Waals surface area contributed by atoms with Crippen molar-refractivity contribution in [2.75, 3.05) is 6.54 Å². The van der Waals surface area contributed by atoms with Crippen molar-refractivity contribution in [2.45, 2.75) is 31.5 Å².